The van der Waals surface area contributed by atoms with Gasteiger partial charge in [0.1, 0.15) is 4.90 Å². The monoisotopic (exact) mass is 609 g/mol. The van der Waals surface area contributed by atoms with Gasteiger partial charge in [0, 0.05) is 70.3 Å². The van der Waals surface area contributed by atoms with Crippen LogP contribution < -0.4 is 4.90 Å². The van der Waals surface area contributed by atoms with Crippen molar-refractivity contribution in [1.29, 1.82) is 0 Å². The first-order valence-electron chi connectivity index (χ1n) is 12.2. The van der Waals surface area contributed by atoms with E-state index in [9.17, 15) is 40.1 Å². The first-order chi connectivity index (χ1) is 18.6. The van der Waals surface area contributed by atoms with Gasteiger partial charge in [-0.25, -0.2) is 8.42 Å². The van der Waals surface area contributed by atoms with Gasteiger partial charge in [-0.1, -0.05) is 13.0 Å². The normalized spacial score (nSPS) is 15.7. The number of alkyl halides is 3. The summed E-state index contributed by atoms with van der Waals surface area (Å²) in [6.45, 7) is 1.48. The van der Waals surface area contributed by atoms with E-state index in [0.717, 1.165) is 21.0 Å². The van der Waals surface area contributed by atoms with E-state index in [1.165, 1.54) is 0 Å². The van der Waals surface area contributed by atoms with Crippen molar-refractivity contribution in [3.05, 3.63) is 57.9 Å². The number of halogens is 3. The van der Waals surface area contributed by atoms with Crippen LogP contribution >= 0.6 is 0 Å². The summed E-state index contributed by atoms with van der Waals surface area (Å²) in [7, 11) is -8.59. The third-order valence-electron chi connectivity index (χ3n) is 6.12. The Morgan fingerprint density at radius 3 is 2.33 bits per heavy atom. The van der Waals surface area contributed by atoms with Crippen molar-refractivity contribution < 1.29 is 39.1 Å². The zero-order valence-electron chi connectivity index (χ0n) is 21.9. The SMILES string of the molecule is CCCN(CCOS(C)(=O)=O)c1c(C(F)(F)F)cc([N+](=O)[O-])cc1S(=O)(=O)N1CCN(Cc2cccnc2)CC1. The molecule has 0 spiro atoms. The van der Waals surface area contributed by atoms with Crippen molar-refractivity contribution in [3.63, 3.8) is 0 Å². The van der Waals surface area contributed by atoms with Gasteiger partial charge < -0.3 is 4.90 Å². The molecule has 40 heavy (non-hydrogen) atoms. The highest BCUT2D eigenvalue weighted by Gasteiger charge is 2.42. The van der Waals surface area contributed by atoms with Crippen LogP contribution in [0.5, 0.6) is 0 Å². The Balaban J connectivity index is 2.04. The van der Waals surface area contributed by atoms with E-state index in [-0.39, 0.29) is 39.1 Å². The molecule has 0 atom stereocenters. The lowest BCUT2D eigenvalue weighted by atomic mass is 10.1. The fourth-order valence-electron chi connectivity index (χ4n) is 4.36. The summed E-state index contributed by atoms with van der Waals surface area (Å²) >= 11 is 0. The number of pyridine rings is 1. The summed E-state index contributed by atoms with van der Waals surface area (Å²) in [6, 6.07) is 4.55. The standard InChI is InChI=1S/C23H30F3N5O7S2/c1-3-7-29(12-13-38-39(2,34)35)22-20(23(24,25)26)14-19(31(32)33)15-21(22)40(36,37)30-10-8-28(9-11-30)17-18-5-4-6-27-16-18/h4-6,14-16H,3,7-13,17H2,1-2H3. The predicted octanol–water partition coefficient (Wildman–Crippen LogP) is 2.71. The largest absolute Gasteiger partial charge is 0.418 e. The Hall–Kier alpha value is -2.86. The highest BCUT2D eigenvalue weighted by atomic mass is 32.2. The molecule has 0 radical (unpaired) electrons. The number of nitro benzene ring substituents is 1. The third kappa shape index (κ3) is 8.09. The molecule has 0 N–H and O–H groups in total. The van der Waals surface area contributed by atoms with Crippen molar-refractivity contribution in [2.75, 3.05) is 57.0 Å². The van der Waals surface area contributed by atoms with Gasteiger partial charge in [-0.15, -0.1) is 0 Å². The summed E-state index contributed by atoms with van der Waals surface area (Å²) in [5.74, 6) is 0. The third-order valence-corrected chi connectivity index (χ3v) is 8.63. The van der Waals surface area contributed by atoms with Gasteiger partial charge in [0.25, 0.3) is 15.8 Å². The van der Waals surface area contributed by atoms with Gasteiger partial charge >= 0.3 is 6.18 Å². The van der Waals surface area contributed by atoms with Crippen LogP contribution in [0.15, 0.2) is 41.6 Å². The van der Waals surface area contributed by atoms with E-state index in [1.54, 1.807) is 25.4 Å². The zero-order valence-corrected chi connectivity index (χ0v) is 23.5. The topological polar surface area (TPSA) is 143 Å². The molecule has 0 amide bonds. The number of aromatic nitrogens is 1. The summed E-state index contributed by atoms with van der Waals surface area (Å²) < 4.78 is 99.0. The highest BCUT2D eigenvalue weighted by molar-refractivity contribution is 7.89. The first-order valence-corrected chi connectivity index (χ1v) is 15.5. The number of nitrogens with zero attached hydrogens (tertiary/aromatic N) is 5. The van der Waals surface area contributed by atoms with Crippen molar-refractivity contribution in [2.45, 2.75) is 31.0 Å². The molecular weight excluding hydrogens is 579 g/mol. The lowest BCUT2D eigenvalue weighted by molar-refractivity contribution is -0.385. The van der Waals surface area contributed by atoms with Crippen LogP contribution in [-0.2, 0) is 37.0 Å². The number of piperazine rings is 1. The number of hydrogen-bond acceptors (Lipinski definition) is 10. The van der Waals surface area contributed by atoms with Crippen molar-refractivity contribution in [1.82, 2.24) is 14.2 Å². The molecule has 222 valence electrons. The van der Waals surface area contributed by atoms with E-state index in [1.807, 2.05) is 11.0 Å². The summed E-state index contributed by atoms with van der Waals surface area (Å²) in [5, 5.41) is 11.6. The maximum atomic E-state index is 14.3. The molecule has 0 saturated carbocycles. The van der Waals surface area contributed by atoms with Crippen LogP contribution in [0.25, 0.3) is 0 Å². The van der Waals surface area contributed by atoms with Crippen LogP contribution in [-0.4, -0.2) is 88.1 Å². The molecule has 1 aliphatic rings. The Labute approximate surface area is 230 Å². The molecule has 3 rings (SSSR count). The van der Waals surface area contributed by atoms with Crippen molar-refractivity contribution in [3.8, 4) is 0 Å². The summed E-state index contributed by atoms with van der Waals surface area (Å²) in [4.78, 5) is 16.7. The zero-order chi connectivity index (χ0) is 29.7. The number of nitro groups is 1. The van der Waals surface area contributed by atoms with Crippen LogP contribution in [0.3, 0.4) is 0 Å². The molecule has 2 heterocycles. The maximum Gasteiger partial charge on any atom is 0.418 e. The molecule has 1 fully saturated rings. The van der Waals surface area contributed by atoms with E-state index in [2.05, 4.69) is 9.17 Å². The van der Waals surface area contributed by atoms with Crippen LogP contribution in [0, 0.1) is 10.1 Å². The van der Waals surface area contributed by atoms with E-state index < -0.39 is 66.2 Å². The molecule has 12 nitrogen and oxygen atoms in total. The number of hydrogen-bond donors (Lipinski definition) is 0. The minimum atomic E-state index is -5.16. The van der Waals surface area contributed by atoms with Crippen molar-refractivity contribution in [2.24, 2.45) is 0 Å². The molecular formula is C23H30F3N5O7S2. The first kappa shape index (κ1) is 31.7. The van der Waals surface area contributed by atoms with Gasteiger partial charge in [0.05, 0.1) is 29.0 Å². The van der Waals surface area contributed by atoms with Crippen LogP contribution in [0.2, 0.25) is 0 Å². The van der Waals surface area contributed by atoms with Crippen LogP contribution in [0.4, 0.5) is 24.5 Å². The quantitative estimate of drug-likeness (QED) is 0.200. The van der Waals surface area contributed by atoms with Gasteiger partial charge in [0.2, 0.25) is 10.0 Å². The number of non-ortho nitro benzene ring substituents is 1. The van der Waals surface area contributed by atoms with Gasteiger partial charge in [0.15, 0.2) is 0 Å². The second kappa shape index (κ2) is 12.8. The van der Waals surface area contributed by atoms with E-state index >= 15 is 0 Å². The Morgan fingerprint density at radius 2 is 1.80 bits per heavy atom. The molecule has 1 aliphatic heterocycles. The van der Waals surface area contributed by atoms with Gasteiger partial charge in [-0.2, -0.15) is 25.9 Å². The molecule has 1 aromatic carbocycles. The lowest BCUT2D eigenvalue weighted by Gasteiger charge is -2.35. The number of rotatable bonds is 12. The van der Waals surface area contributed by atoms with E-state index in [4.69, 9.17) is 0 Å². The Morgan fingerprint density at radius 1 is 1.12 bits per heavy atom. The Bertz CT molecular complexity index is 1400. The van der Waals surface area contributed by atoms with Crippen LogP contribution in [0.1, 0.15) is 24.5 Å². The number of benzene rings is 1. The fourth-order valence-corrected chi connectivity index (χ4v) is 6.41. The van der Waals surface area contributed by atoms with Crippen molar-refractivity contribution >= 4 is 31.5 Å². The number of anilines is 1. The maximum absolute atomic E-state index is 14.3. The molecule has 2 aromatic rings. The minimum Gasteiger partial charge on any atom is -0.368 e. The molecule has 1 aromatic heterocycles. The van der Waals surface area contributed by atoms with E-state index in [0.29, 0.717) is 18.7 Å². The average molecular weight is 610 g/mol. The highest BCUT2D eigenvalue weighted by Crippen LogP contribution is 2.44. The molecule has 0 aliphatic carbocycles. The molecule has 0 bridgehead atoms. The van der Waals surface area contributed by atoms with Gasteiger partial charge in [-0.3, -0.25) is 24.2 Å². The second-order valence-corrected chi connectivity index (χ2v) is 12.7. The smallest absolute Gasteiger partial charge is 0.368 e. The minimum absolute atomic E-state index is 0.0585. The molecule has 17 heteroatoms. The molecule has 1 saturated heterocycles. The Kier molecular flexibility index (Phi) is 10.1. The lowest BCUT2D eigenvalue weighted by Crippen LogP contribution is -2.48. The fraction of sp³-hybridized carbons (Fsp3) is 0.522. The summed E-state index contributed by atoms with van der Waals surface area (Å²) in [6.07, 6.45) is -0.826. The molecule has 0 unspecified atom stereocenters. The summed E-state index contributed by atoms with van der Waals surface area (Å²) in [5.41, 5.74) is -2.42. The predicted molar refractivity (Wildman–Crippen MR) is 140 cm³/mol. The second-order valence-electron chi connectivity index (χ2n) is 9.15. The number of sulfonamides is 1. The van der Waals surface area contributed by atoms with Gasteiger partial charge in [-0.05, 0) is 18.1 Å². The average Bonchev–Trinajstić information content (AvgIpc) is 2.87.